The predicted octanol–water partition coefficient (Wildman–Crippen LogP) is 1.47. The van der Waals surface area contributed by atoms with Crippen molar-refractivity contribution in [1.29, 1.82) is 0 Å². The van der Waals surface area contributed by atoms with Crippen LogP contribution in [0.5, 0.6) is 0 Å². The number of carbonyl (C=O) groups is 1. The van der Waals surface area contributed by atoms with Crippen LogP contribution < -0.4 is 0 Å². The summed E-state index contributed by atoms with van der Waals surface area (Å²) in [6.07, 6.45) is 2.31. The fraction of sp³-hybridized carbons (Fsp3) is 0.375. The summed E-state index contributed by atoms with van der Waals surface area (Å²) in [4.78, 5) is 16.8. The predicted molar refractivity (Wildman–Crippen MR) is 87.1 cm³/mol. The van der Waals surface area contributed by atoms with Gasteiger partial charge < -0.3 is 10.0 Å². The molecule has 2 fully saturated rings. The van der Waals surface area contributed by atoms with E-state index < -0.39 is 16.1 Å². The van der Waals surface area contributed by atoms with Crippen LogP contribution in [0.2, 0.25) is 0 Å². The van der Waals surface area contributed by atoms with E-state index in [1.165, 1.54) is 9.21 Å². The molecule has 1 N–H and O–H groups in total. The summed E-state index contributed by atoms with van der Waals surface area (Å²) in [6, 6.07) is 6.89. The largest absolute Gasteiger partial charge is 0.465 e. The highest BCUT2D eigenvalue weighted by Gasteiger charge is 2.45. The minimum Gasteiger partial charge on any atom is -0.465 e. The van der Waals surface area contributed by atoms with Gasteiger partial charge in [0.1, 0.15) is 0 Å². The monoisotopic (exact) mass is 347 g/mol. The van der Waals surface area contributed by atoms with Gasteiger partial charge in [-0.3, -0.25) is 4.98 Å². The van der Waals surface area contributed by atoms with Crippen molar-refractivity contribution in [3.8, 4) is 0 Å². The van der Waals surface area contributed by atoms with Crippen molar-refractivity contribution in [3.05, 3.63) is 36.7 Å². The lowest BCUT2D eigenvalue weighted by Crippen LogP contribution is -2.35. The molecule has 2 aliphatic rings. The molecule has 2 aliphatic heterocycles. The molecule has 0 spiro atoms. The third-order valence-electron chi connectivity index (χ3n) is 4.98. The van der Waals surface area contributed by atoms with Crippen LogP contribution in [0.4, 0.5) is 4.79 Å². The summed E-state index contributed by atoms with van der Waals surface area (Å²) in [5.74, 6) is 0.153. The fourth-order valence-electron chi connectivity index (χ4n) is 3.76. The maximum absolute atomic E-state index is 13.1. The number of benzene rings is 1. The molecule has 0 aliphatic carbocycles. The molecule has 4 rings (SSSR count). The van der Waals surface area contributed by atoms with Gasteiger partial charge in [-0.2, -0.15) is 4.31 Å². The first-order valence-electron chi connectivity index (χ1n) is 7.77. The minimum absolute atomic E-state index is 0.0764. The molecule has 7 nitrogen and oxygen atoms in total. The van der Waals surface area contributed by atoms with Crippen LogP contribution in [-0.4, -0.2) is 60.0 Å². The number of rotatable bonds is 2. The molecule has 8 heteroatoms. The van der Waals surface area contributed by atoms with Gasteiger partial charge in [0.15, 0.2) is 0 Å². The highest BCUT2D eigenvalue weighted by atomic mass is 32.2. The zero-order valence-corrected chi connectivity index (χ0v) is 13.7. The van der Waals surface area contributed by atoms with Crippen molar-refractivity contribution in [3.63, 3.8) is 0 Å². The van der Waals surface area contributed by atoms with Crippen molar-refractivity contribution >= 4 is 26.9 Å². The van der Waals surface area contributed by atoms with Gasteiger partial charge >= 0.3 is 6.09 Å². The first-order valence-corrected chi connectivity index (χ1v) is 9.21. The number of sulfonamides is 1. The highest BCUT2D eigenvalue weighted by molar-refractivity contribution is 7.89. The van der Waals surface area contributed by atoms with E-state index in [0.717, 1.165) is 5.39 Å². The zero-order valence-electron chi connectivity index (χ0n) is 12.9. The molecule has 2 aromatic rings. The lowest BCUT2D eigenvalue weighted by molar-refractivity contribution is 0.151. The van der Waals surface area contributed by atoms with Crippen molar-refractivity contribution < 1.29 is 18.3 Å². The molecule has 2 atom stereocenters. The van der Waals surface area contributed by atoms with E-state index in [4.69, 9.17) is 5.11 Å². The van der Waals surface area contributed by atoms with Gasteiger partial charge in [0.2, 0.25) is 10.0 Å². The van der Waals surface area contributed by atoms with Crippen LogP contribution in [-0.2, 0) is 10.0 Å². The van der Waals surface area contributed by atoms with Crippen molar-refractivity contribution in [2.75, 3.05) is 26.2 Å². The van der Waals surface area contributed by atoms with E-state index >= 15 is 0 Å². The first-order chi connectivity index (χ1) is 11.5. The second-order valence-corrected chi connectivity index (χ2v) is 8.29. The smallest absolute Gasteiger partial charge is 0.407 e. The van der Waals surface area contributed by atoms with Gasteiger partial charge in [-0.1, -0.05) is 12.1 Å². The average molecular weight is 347 g/mol. The number of likely N-dealkylation sites (tertiary alicyclic amines) is 1. The van der Waals surface area contributed by atoms with Crippen molar-refractivity contribution in [1.82, 2.24) is 14.2 Å². The van der Waals surface area contributed by atoms with Crippen LogP contribution in [0.3, 0.4) is 0 Å². The van der Waals surface area contributed by atoms with E-state index in [-0.39, 0.29) is 16.7 Å². The van der Waals surface area contributed by atoms with Crippen LogP contribution in [0.25, 0.3) is 10.8 Å². The number of pyridine rings is 1. The maximum atomic E-state index is 13.1. The van der Waals surface area contributed by atoms with E-state index in [9.17, 15) is 13.2 Å². The Morgan fingerprint density at radius 3 is 2.50 bits per heavy atom. The lowest BCUT2D eigenvalue weighted by atomic mass is 10.0. The lowest BCUT2D eigenvalue weighted by Gasteiger charge is -2.20. The van der Waals surface area contributed by atoms with Crippen LogP contribution >= 0.6 is 0 Å². The molecule has 1 aromatic carbocycles. The number of fused-ring (bicyclic) bond motifs is 2. The molecule has 0 bridgehead atoms. The highest BCUT2D eigenvalue weighted by Crippen LogP contribution is 2.35. The molecule has 126 valence electrons. The summed E-state index contributed by atoms with van der Waals surface area (Å²) < 4.78 is 27.6. The molecule has 24 heavy (non-hydrogen) atoms. The third-order valence-corrected chi connectivity index (χ3v) is 6.87. The molecular formula is C16H17N3O4S. The van der Waals surface area contributed by atoms with Gasteiger partial charge in [-0.05, 0) is 24.0 Å². The van der Waals surface area contributed by atoms with E-state index in [0.29, 0.717) is 31.6 Å². The molecular weight excluding hydrogens is 330 g/mol. The summed E-state index contributed by atoms with van der Waals surface area (Å²) >= 11 is 0. The van der Waals surface area contributed by atoms with Gasteiger partial charge in [-0.25, -0.2) is 13.2 Å². The van der Waals surface area contributed by atoms with Gasteiger partial charge in [0.25, 0.3) is 0 Å². The Kier molecular flexibility index (Phi) is 3.47. The normalized spacial score (nSPS) is 24.4. The maximum Gasteiger partial charge on any atom is 0.407 e. The molecule has 1 aromatic heterocycles. The van der Waals surface area contributed by atoms with Gasteiger partial charge in [0, 0.05) is 49.3 Å². The van der Waals surface area contributed by atoms with Gasteiger partial charge in [-0.15, -0.1) is 0 Å². The molecule has 3 heterocycles. The van der Waals surface area contributed by atoms with Crippen LogP contribution in [0.15, 0.2) is 41.6 Å². The number of hydrogen-bond donors (Lipinski definition) is 1. The Labute approximate surface area is 139 Å². The first kappa shape index (κ1) is 15.3. The third kappa shape index (κ3) is 2.33. The van der Waals surface area contributed by atoms with Gasteiger partial charge in [0.05, 0.1) is 4.90 Å². The van der Waals surface area contributed by atoms with Crippen LogP contribution in [0.1, 0.15) is 0 Å². The second-order valence-electron chi connectivity index (χ2n) is 6.38. The van der Waals surface area contributed by atoms with Crippen LogP contribution in [0, 0.1) is 11.8 Å². The topological polar surface area (TPSA) is 90.8 Å². The summed E-state index contributed by atoms with van der Waals surface area (Å²) in [5, 5.41) is 10.5. The number of amides is 1. The number of hydrogen-bond acceptors (Lipinski definition) is 4. The summed E-state index contributed by atoms with van der Waals surface area (Å²) in [6.45, 7) is 1.56. The van der Waals surface area contributed by atoms with E-state index in [1.807, 2.05) is 6.07 Å². The number of carboxylic acid groups (broad SMARTS) is 1. The number of aromatic nitrogens is 1. The fourth-order valence-corrected chi connectivity index (χ4v) is 5.53. The second kappa shape index (κ2) is 5.42. The summed E-state index contributed by atoms with van der Waals surface area (Å²) in [5.41, 5.74) is 0. The Morgan fingerprint density at radius 1 is 1.12 bits per heavy atom. The number of nitrogens with zero attached hydrogens (tertiary/aromatic N) is 3. The summed E-state index contributed by atoms with van der Waals surface area (Å²) in [7, 11) is -3.61. The van der Waals surface area contributed by atoms with Crippen molar-refractivity contribution in [2.24, 2.45) is 11.8 Å². The zero-order chi connectivity index (χ0) is 16.9. The molecule has 0 saturated carbocycles. The molecule has 2 saturated heterocycles. The Balaban J connectivity index is 1.64. The van der Waals surface area contributed by atoms with Crippen molar-refractivity contribution in [2.45, 2.75) is 4.90 Å². The molecule has 1 amide bonds. The standard InChI is InChI=1S/C16H17N3O4S/c20-16(21)18-7-12-9-19(10-13(12)8-18)24(22,23)15-3-1-2-11-6-17-5-4-14(11)15/h1-6,12-13H,7-10H2,(H,20,21). The Morgan fingerprint density at radius 2 is 1.83 bits per heavy atom. The SMILES string of the molecule is O=C(O)N1CC2CN(S(=O)(=O)c3cccc4cnccc34)CC2C1. The van der Waals surface area contributed by atoms with E-state index in [1.54, 1.807) is 30.6 Å². The minimum atomic E-state index is -3.61. The van der Waals surface area contributed by atoms with E-state index in [2.05, 4.69) is 4.98 Å². The Bertz CT molecular complexity index is 895. The molecule has 2 unspecified atom stereocenters. The quantitative estimate of drug-likeness (QED) is 0.888. The average Bonchev–Trinajstić information content (AvgIpc) is 3.13. The molecule has 0 radical (unpaired) electrons. The Hall–Kier alpha value is -2.19.